The summed E-state index contributed by atoms with van der Waals surface area (Å²) in [5, 5.41) is 0. The fourth-order valence-corrected chi connectivity index (χ4v) is 4.27. The molecule has 0 spiro atoms. The van der Waals surface area contributed by atoms with E-state index >= 15 is 0 Å². The number of carbonyl (C=O) groups excluding carboxylic acids is 1. The van der Waals surface area contributed by atoms with Crippen molar-refractivity contribution < 1.29 is 13.4 Å². The standard InChI is InChI=1S/C23H27FNO2S/c1-4-5-16-6-10-19(11-7-16)28(27)25-23(26)14-22-20(15(2)3)12-18(24)13-21(22)17-8-9-17/h6-7,10-13,15,17H,4-5,8-9,14H2,1-3H3/q-1. The fourth-order valence-electron chi connectivity index (χ4n) is 3.55. The van der Waals surface area contributed by atoms with Crippen LogP contribution in [0, 0.1) is 5.82 Å². The number of amides is 1. The van der Waals surface area contributed by atoms with Gasteiger partial charge in [0.15, 0.2) is 0 Å². The van der Waals surface area contributed by atoms with Gasteiger partial charge in [-0.1, -0.05) is 56.4 Å². The van der Waals surface area contributed by atoms with Crippen LogP contribution in [-0.4, -0.2) is 5.91 Å². The molecule has 1 aliphatic rings. The Morgan fingerprint density at radius 3 is 2.46 bits per heavy atom. The SMILES string of the molecule is CCCc1ccc([S-](=O)=NC(=O)Cc2c(C(C)C)cc(F)cc2C2CC2)cc1. The molecule has 0 bridgehead atoms. The minimum absolute atomic E-state index is 0.0687. The second kappa shape index (κ2) is 8.99. The third kappa shape index (κ3) is 5.07. The quantitative estimate of drug-likeness (QED) is 0.531. The average Bonchev–Trinajstić information content (AvgIpc) is 3.48. The summed E-state index contributed by atoms with van der Waals surface area (Å²) in [5.41, 5.74) is 3.81. The lowest BCUT2D eigenvalue weighted by atomic mass is 9.89. The van der Waals surface area contributed by atoms with E-state index in [0.717, 1.165) is 42.4 Å². The maximum atomic E-state index is 14.1. The van der Waals surface area contributed by atoms with Gasteiger partial charge in [0, 0.05) is 0 Å². The van der Waals surface area contributed by atoms with E-state index in [1.807, 2.05) is 26.0 Å². The lowest BCUT2D eigenvalue weighted by Gasteiger charge is -2.17. The van der Waals surface area contributed by atoms with Crippen LogP contribution >= 0.6 is 0 Å². The second-order valence-electron chi connectivity index (χ2n) is 7.80. The van der Waals surface area contributed by atoms with Crippen molar-refractivity contribution in [3.8, 4) is 0 Å². The zero-order chi connectivity index (χ0) is 20.3. The Hall–Kier alpha value is -2.01. The molecule has 3 nitrogen and oxygen atoms in total. The van der Waals surface area contributed by atoms with Crippen molar-refractivity contribution in [2.24, 2.45) is 4.36 Å². The molecule has 150 valence electrons. The van der Waals surface area contributed by atoms with Gasteiger partial charge < -0.3 is 8.57 Å². The van der Waals surface area contributed by atoms with E-state index < -0.39 is 16.5 Å². The highest BCUT2D eigenvalue weighted by atomic mass is 32.2. The monoisotopic (exact) mass is 400 g/mol. The van der Waals surface area contributed by atoms with E-state index in [2.05, 4.69) is 11.3 Å². The zero-order valence-corrected chi connectivity index (χ0v) is 17.5. The van der Waals surface area contributed by atoms with E-state index in [1.54, 1.807) is 18.2 Å². The van der Waals surface area contributed by atoms with Crippen molar-refractivity contribution in [3.05, 3.63) is 64.5 Å². The molecular weight excluding hydrogens is 373 g/mol. The van der Waals surface area contributed by atoms with Crippen LogP contribution in [0.3, 0.4) is 0 Å². The number of hydrogen-bond donors (Lipinski definition) is 0. The summed E-state index contributed by atoms with van der Waals surface area (Å²) in [6.07, 6.45) is 4.13. The van der Waals surface area contributed by atoms with Gasteiger partial charge in [0.25, 0.3) is 0 Å². The molecule has 0 heterocycles. The molecule has 0 saturated heterocycles. The number of halogens is 1. The molecule has 0 aromatic heterocycles. The van der Waals surface area contributed by atoms with Gasteiger partial charge in [-0.2, -0.15) is 10.6 Å². The Morgan fingerprint density at radius 2 is 1.89 bits per heavy atom. The average molecular weight is 401 g/mol. The van der Waals surface area contributed by atoms with Gasteiger partial charge in [0.2, 0.25) is 5.91 Å². The van der Waals surface area contributed by atoms with Crippen molar-refractivity contribution in [2.75, 3.05) is 0 Å². The van der Waals surface area contributed by atoms with Gasteiger partial charge in [-0.15, -0.1) is 0 Å². The summed E-state index contributed by atoms with van der Waals surface area (Å²) < 4.78 is 30.4. The minimum atomic E-state index is -1.72. The number of hydrogen-bond acceptors (Lipinski definition) is 3. The van der Waals surface area contributed by atoms with Crippen LogP contribution < -0.4 is 0 Å². The smallest absolute Gasteiger partial charge is 0.227 e. The van der Waals surface area contributed by atoms with Gasteiger partial charge in [-0.3, -0.25) is 4.79 Å². The summed E-state index contributed by atoms with van der Waals surface area (Å²) in [7, 11) is -1.72. The summed E-state index contributed by atoms with van der Waals surface area (Å²) in [5.74, 6) is -0.249. The zero-order valence-electron chi connectivity index (χ0n) is 16.7. The van der Waals surface area contributed by atoms with Crippen molar-refractivity contribution in [2.45, 2.75) is 69.6 Å². The summed E-state index contributed by atoms with van der Waals surface area (Å²) >= 11 is 0. The molecule has 0 aliphatic heterocycles. The number of benzene rings is 2. The number of carbonyl (C=O) groups is 1. The minimum Gasteiger partial charge on any atom is -0.440 e. The van der Waals surface area contributed by atoms with Crippen molar-refractivity contribution in [1.82, 2.24) is 0 Å². The van der Waals surface area contributed by atoms with Gasteiger partial charge in [-0.05, 0) is 65.5 Å². The maximum absolute atomic E-state index is 14.1. The van der Waals surface area contributed by atoms with Gasteiger partial charge in [-0.25, -0.2) is 4.39 Å². The third-order valence-corrected chi connectivity index (χ3v) is 6.14. The molecule has 2 aromatic carbocycles. The number of rotatable bonds is 7. The largest absolute Gasteiger partial charge is 0.440 e. The Kier molecular flexibility index (Phi) is 6.65. The first-order valence-electron chi connectivity index (χ1n) is 9.96. The Bertz CT molecular complexity index is 917. The first kappa shape index (κ1) is 20.7. The summed E-state index contributed by atoms with van der Waals surface area (Å²) in [6.45, 7) is 6.09. The third-order valence-electron chi connectivity index (χ3n) is 5.10. The molecule has 1 aliphatic carbocycles. The molecule has 1 saturated carbocycles. The maximum Gasteiger partial charge on any atom is 0.227 e. The van der Waals surface area contributed by atoms with Crippen LogP contribution in [0.5, 0.6) is 0 Å². The first-order chi connectivity index (χ1) is 13.4. The summed E-state index contributed by atoms with van der Waals surface area (Å²) in [6, 6.07) is 10.5. The molecule has 3 rings (SSSR count). The van der Waals surface area contributed by atoms with Crippen molar-refractivity contribution in [3.63, 3.8) is 0 Å². The lowest BCUT2D eigenvalue weighted by Crippen LogP contribution is -2.08. The van der Waals surface area contributed by atoms with Crippen molar-refractivity contribution in [1.29, 1.82) is 0 Å². The number of nitrogens with zero attached hydrogens (tertiary/aromatic N) is 1. The predicted octanol–water partition coefficient (Wildman–Crippen LogP) is 6.05. The topological polar surface area (TPSA) is 46.5 Å². The highest BCUT2D eigenvalue weighted by Gasteiger charge is 2.29. The van der Waals surface area contributed by atoms with Gasteiger partial charge in [0.05, 0.1) is 6.42 Å². The molecule has 1 fully saturated rings. The molecule has 0 unspecified atom stereocenters. The predicted molar refractivity (Wildman–Crippen MR) is 110 cm³/mol. The Morgan fingerprint density at radius 1 is 1.21 bits per heavy atom. The molecule has 0 atom stereocenters. The fraction of sp³-hybridized carbons (Fsp3) is 0.435. The first-order valence-corrected chi connectivity index (χ1v) is 11.1. The van der Waals surface area contributed by atoms with Crippen LogP contribution in [0.4, 0.5) is 4.39 Å². The van der Waals surface area contributed by atoms with E-state index in [-0.39, 0.29) is 18.2 Å². The Labute approximate surface area is 168 Å². The van der Waals surface area contributed by atoms with E-state index in [9.17, 15) is 13.4 Å². The van der Waals surface area contributed by atoms with Crippen LogP contribution in [0.2, 0.25) is 0 Å². The van der Waals surface area contributed by atoms with E-state index in [0.29, 0.717) is 10.8 Å². The Balaban J connectivity index is 1.84. The molecule has 1 amide bonds. The summed E-state index contributed by atoms with van der Waals surface area (Å²) in [4.78, 5) is 13.1. The molecule has 5 heteroatoms. The highest BCUT2D eigenvalue weighted by Crippen LogP contribution is 2.43. The molecular formula is C23H27FNO2S-. The van der Waals surface area contributed by atoms with Crippen LogP contribution in [0.25, 0.3) is 0 Å². The van der Waals surface area contributed by atoms with E-state index in [4.69, 9.17) is 0 Å². The molecule has 0 N–H and O–H groups in total. The molecule has 0 radical (unpaired) electrons. The second-order valence-corrected chi connectivity index (χ2v) is 8.95. The lowest BCUT2D eigenvalue weighted by molar-refractivity contribution is -0.117. The van der Waals surface area contributed by atoms with Crippen LogP contribution in [-0.2, 0) is 32.4 Å². The van der Waals surface area contributed by atoms with Gasteiger partial charge >= 0.3 is 0 Å². The molecule has 2 aromatic rings. The van der Waals surface area contributed by atoms with Crippen LogP contribution in [0.1, 0.15) is 74.1 Å². The highest BCUT2D eigenvalue weighted by molar-refractivity contribution is 7.75. The van der Waals surface area contributed by atoms with Gasteiger partial charge in [0.1, 0.15) is 5.82 Å². The van der Waals surface area contributed by atoms with E-state index in [1.165, 1.54) is 11.6 Å². The normalized spacial score (nSPS) is 15.2. The molecule has 28 heavy (non-hydrogen) atoms. The number of aryl methyl sites for hydroxylation is 1. The van der Waals surface area contributed by atoms with Crippen LogP contribution in [0.15, 0.2) is 45.7 Å². The van der Waals surface area contributed by atoms with Crippen molar-refractivity contribution >= 4 is 16.5 Å².